The third-order valence-electron chi connectivity index (χ3n) is 1.95. The monoisotopic (exact) mass is 188 g/mol. The van der Waals surface area contributed by atoms with Gasteiger partial charge in [-0.05, 0) is 6.42 Å². The van der Waals surface area contributed by atoms with Crippen LogP contribution in [0.4, 0.5) is 0 Å². The predicted molar refractivity (Wildman–Crippen MR) is 47.3 cm³/mol. The SMILES string of the molecule is CCCC(C)C(=O)CC(O)C(=O)O. The number of aliphatic hydroxyl groups is 1. The van der Waals surface area contributed by atoms with E-state index >= 15 is 0 Å². The number of ketones is 1. The lowest BCUT2D eigenvalue weighted by molar-refractivity contribution is -0.149. The van der Waals surface area contributed by atoms with Crippen LogP contribution >= 0.6 is 0 Å². The minimum absolute atomic E-state index is 0.154. The van der Waals surface area contributed by atoms with E-state index in [1.54, 1.807) is 6.92 Å². The quantitative estimate of drug-likeness (QED) is 0.647. The second-order valence-electron chi connectivity index (χ2n) is 3.21. The Morgan fingerprint density at radius 2 is 1.92 bits per heavy atom. The zero-order valence-corrected chi connectivity index (χ0v) is 7.99. The van der Waals surface area contributed by atoms with Gasteiger partial charge in [-0.15, -0.1) is 0 Å². The van der Waals surface area contributed by atoms with Gasteiger partial charge in [-0.2, -0.15) is 0 Å². The summed E-state index contributed by atoms with van der Waals surface area (Å²) in [5.41, 5.74) is 0. The number of carbonyl (C=O) groups is 2. The Morgan fingerprint density at radius 1 is 1.38 bits per heavy atom. The molecule has 2 N–H and O–H groups in total. The van der Waals surface area contributed by atoms with Crippen LogP contribution in [0.5, 0.6) is 0 Å². The molecule has 0 rings (SSSR count). The van der Waals surface area contributed by atoms with Gasteiger partial charge in [0.05, 0.1) is 0 Å². The summed E-state index contributed by atoms with van der Waals surface area (Å²) >= 11 is 0. The molecule has 4 nitrogen and oxygen atoms in total. The van der Waals surface area contributed by atoms with E-state index < -0.39 is 12.1 Å². The number of aliphatic carboxylic acids is 1. The number of hydrogen-bond donors (Lipinski definition) is 2. The average molecular weight is 188 g/mol. The van der Waals surface area contributed by atoms with E-state index in [4.69, 9.17) is 10.2 Å². The molecule has 0 aliphatic heterocycles. The van der Waals surface area contributed by atoms with Crippen molar-refractivity contribution in [2.45, 2.75) is 39.2 Å². The van der Waals surface area contributed by atoms with Crippen LogP contribution in [0.2, 0.25) is 0 Å². The minimum Gasteiger partial charge on any atom is -0.479 e. The first-order valence-electron chi connectivity index (χ1n) is 4.42. The highest BCUT2D eigenvalue weighted by Crippen LogP contribution is 2.10. The fourth-order valence-electron chi connectivity index (χ4n) is 1.07. The Balaban J connectivity index is 3.92. The Labute approximate surface area is 77.6 Å². The molecule has 0 aromatic carbocycles. The van der Waals surface area contributed by atoms with Crippen molar-refractivity contribution in [1.29, 1.82) is 0 Å². The van der Waals surface area contributed by atoms with E-state index in [0.717, 1.165) is 12.8 Å². The summed E-state index contributed by atoms with van der Waals surface area (Å²) in [6.07, 6.45) is -0.204. The molecule has 0 aliphatic rings. The van der Waals surface area contributed by atoms with Crippen molar-refractivity contribution in [3.63, 3.8) is 0 Å². The highest BCUT2D eigenvalue weighted by molar-refractivity contribution is 5.86. The number of aliphatic hydroxyl groups excluding tert-OH is 1. The van der Waals surface area contributed by atoms with Crippen LogP contribution in [0.1, 0.15) is 33.1 Å². The summed E-state index contributed by atoms with van der Waals surface area (Å²) in [7, 11) is 0. The van der Waals surface area contributed by atoms with E-state index in [1.165, 1.54) is 0 Å². The lowest BCUT2D eigenvalue weighted by atomic mass is 9.97. The summed E-state index contributed by atoms with van der Waals surface area (Å²) < 4.78 is 0. The molecule has 76 valence electrons. The maximum absolute atomic E-state index is 11.2. The molecule has 0 amide bonds. The maximum atomic E-state index is 11.2. The molecule has 0 fully saturated rings. The highest BCUT2D eigenvalue weighted by Gasteiger charge is 2.20. The van der Waals surface area contributed by atoms with Crippen molar-refractivity contribution >= 4 is 11.8 Å². The topological polar surface area (TPSA) is 74.6 Å². The predicted octanol–water partition coefficient (Wildman–Crippen LogP) is 0.827. The van der Waals surface area contributed by atoms with Gasteiger partial charge in [-0.3, -0.25) is 4.79 Å². The van der Waals surface area contributed by atoms with Crippen molar-refractivity contribution < 1.29 is 19.8 Å². The van der Waals surface area contributed by atoms with Gasteiger partial charge in [0.1, 0.15) is 5.78 Å². The van der Waals surface area contributed by atoms with Crippen molar-refractivity contribution in [1.82, 2.24) is 0 Å². The van der Waals surface area contributed by atoms with E-state index in [2.05, 4.69) is 0 Å². The largest absolute Gasteiger partial charge is 0.479 e. The fraction of sp³-hybridized carbons (Fsp3) is 0.778. The molecule has 0 aromatic heterocycles. The van der Waals surface area contributed by atoms with E-state index in [0.29, 0.717) is 0 Å². The normalized spacial score (nSPS) is 15.0. The van der Waals surface area contributed by atoms with Crippen LogP contribution in [0.15, 0.2) is 0 Å². The standard InChI is InChI=1S/C9H16O4/c1-3-4-6(2)7(10)5-8(11)9(12)13/h6,8,11H,3-5H2,1-2H3,(H,12,13). The van der Waals surface area contributed by atoms with Crippen molar-refractivity contribution in [3.8, 4) is 0 Å². The van der Waals surface area contributed by atoms with Crippen LogP contribution < -0.4 is 0 Å². The number of rotatable bonds is 6. The molecule has 4 heteroatoms. The first-order chi connectivity index (χ1) is 5.99. The molecule has 2 unspecified atom stereocenters. The third-order valence-corrected chi connectivity index (χ3v) is 1.95. The zero-order valence-electron chi connectivity index (χ0n) is 7.99. The summed E-state index contributed by atoms with van der Waals surface area (Å²) in [4.78, 5) is 21.4. The minimum atomic E-state index is -1.55. The van der Waals surface area contributed by atoms with Crippen LogP contribution in [-0.4, -0.2) is 28.1 Å². The lowest BCUT2D eigenvalue weighted by Gasteiger charge is -2.10. The number of carbonyl (C=O) groups excluding carboxylic acids is 1. The summed E-state index contributed by atoms with van der Waals surface area (Å²) in [5, 5.41) is 17.2. The van der Waals surface area contributed by atoms with Gasteiger partial charge in [0.25, 0.3) is 0 Å². The highest BCUT2D eigenvalue weighted by atomic mass is 16.4. The molecular formula is C9H16O4. The second kappa shape index (κ2) is 5.70. The zero-order chi connectivity index (χ0) is 10.4. The van der Waals surface area contributed by atoms with Crippen molar-refractivity contribution in [2.75, 3.05) is 0 Å². The lowest BCUT2D eigenvalue weighted by Crippen LogP contribution is -2.25. The first-order valence-corrected chi connectivity index (χ1v) is 4.42. The van der Waals surface area contributed by atoms with Gasteiger partial charge in [0.15, 0.2) is 6.10 Å². The molecular weight excluding hydrogens is 172 g/mol. The molecule has 0 aromatic rings. The van der Waals surface area contributed by atoms with Crippen LogP contribution in [-0.2, 0) is 9.59 Å². The Hall–Kier alpha value is -0.900. The molecule has 2 atom stereocenters. The van der Waals surface area contributed by atoms with Gasteiger partial charge in [-0.25, -0.2) is 4.79 Å². The molecule has 13 heavy (non-hydrogen) atoms. The van der Waals surface area contributed by atoms with Gasteiger partial charge in [-0.1, -0.05) is 20.3 Å². The number of carboxylic acid groups (broad SMARTS) is 1. The van der Waals surface area contributed by atoms with Gasteiger partial charge in [0.2, 0.25) is 0 Å². The summed E-state index contributed by atoms with van der Waals surface area (Å²) in [6.45, 7) is 3.71. The summed E-state index contributed by atoms with van der Waals surface area (Å²) in [5.74, 6) is -1.67. The van der Waals surface area contributed by atoms with Crippen LogP contribution in [0.25, 0.3) is 0 Å². The second-order valence-corrected chi connectivity index (χ2v) is 3.21. The van der Waals surface area contributed by atoms with Gasteiger partial charge >= 0.3 is 5.97 Å². The third kappa shape index (κ3) is 4.62. The van der Waals surface area contributed by atoms with E-state index in [9.17, 15) is 9.59 Å². The van der Waals surface area contributed by atoms with Crippen molar-refractivity contribution in [2.24, 2.45) is 5.92 Å². The Morgan fingerprint density at radius 3 is 2.31 bits per heavy atom. The Kier molecular flexibility index (Phi) is 5.30. The average Bonchev–Trinajstić information content (AvgIpc) is 2.04. The molecule has 0 spiro atoms. The van der Waals surface area contributed by atoms with Gasteiger partial charge in [0, 0.05) is 12.3 Å². The first kappa shape index (κ1) is 12.1. The smallest absolute Gasteiger partial charge is 0.332 e. The Bertz CT molecular complexity index is 188. The number of carboxylic acids is 1. The van der Waals surface area contributed by atoms with Gasteiger partial charge < -0.3 is 10.2 Å². The molecule has 0 heterocycles. The van der Waals surface area contributed by atoms with E-state index in [1.807, 2.05) is 6.92 Å². The number of hydrogen-bond acceptors (Lipinski definition) is 3. The molecule has 0 radical (unpaired) electrons. The maximum Gasteiger partial charge on any atom is 0.332 e. The summed E-state index contributed by atoms with van der Waals surface area (Å²) in [6, 6.07) is 0. The van der Waals surface area contributed by atoms with Crippen LogP contribution in [0, 0.1) is 5.92 Å². The molecule has 0 saturated carbocycles. The number of Topliss-reactive ketones (excluding diaryl/α,β-unsaturated/α-hetero) is 1. The molecule has 0 saturated heterocycles. The fourth-order valence-corrected chi connectivity index (χ4v) is 1.07. The molecule has 0 bridgehead atoms. The van der Waals surface area contributed by atoms with Crippen molar-refractivity contribution in [3.05, 3.63) is 0 Å². The van der Waals surface area contributed by atoms with Crippen LogP contribution in [0.3, 0.4) is 0 Å². The van der Waals surface area contributed by atoms with E-state index in [-0.39, 0.29) is 18.1 Å². The molecule has 0 aliphatic carbocycles.